The summed E-state index contributed by atoms with van der Waals surface area (Å²) in [6, 6.07) is 0.739. The van der Waals surface area contributed by atoms with Gasteiger partial charge in [-0.2, -0.15) is 0 Å². The lowest BCUT2D eigenvalue weighted by atomic mass is 10.1. The number of rotatable bonds is 56. The minimum Gasteiger partial charge on any atom is -0.466 e. The lowest BCUT2D eigenvalue weighted by Gasteiger charge is -2.38. The second-order valence-electron chi connectivity index (χ2n) is 21.7. The molecule has 558 valence electrons. The summed E-state index contributed by atoms with van der Waals surface area (Å²) in [5, 5.41) is 2.76. The van der Waals surface area contributed by atoms with E-state index >= 15 is 0 Å². The summed E-state index contributed by atoms with van der Waals surface area (Å²) in [6.07, 6.45) is 15.5. The number of hydrogen-bond donors (Lipinski definition) is 3. The number of amides is 1. The van der Waals surface area contributed by atoms with Crippen LogP contribution >= 0.6 is 0 Å². The Labute approximate surface area is 573 Å². The summed E-state index contributed by atoms with van der Waals surface area (Å²) >= 11 is 0. The number of esters is 4. The molecule has 0 aromatic carbocycles. The first-order valence-electron chi connectivity index (χ1n) is 34.7. The second kappa shape index (κ2) is 67.5. The van der Waals surface area contributed by atoms with Gasteiger partial charge in [-0.3, -0.25) is 24.0 Å². The van der Waals surface area contributed by atoms with E-state index in [4.69, 9.17) is 80.3 Å². The van der Waals surface area contributed by atoms with Gasteiger partial charge in [0, 0.05) is 131 Å². The van der Waals surface area contributed by atoms with E-state index in [1.54, 1.807) is 39.7 Å². The van der Waals surface area contributed by atoms with Crippen molar-refractivity contribution >= 4 is 92.1 Å². The molecule has 0 aliphatic carbocycles. The van der Waals surface area contributed by atoms with E-state index in [1.807, 2.05) is 75.4 Å². The molecule has 0 aromatic rings. The number of ether oxygens (including phenoxy) is 4. The van der Waals surface area contributed by atoms with Crippen molar-refractivity contribution in [2.75, 3.05) is 99.0 Å². The Balaban J connectivity index is -0.000000393. The van der Waals surface area contributed by atoms with Crippen LogP contribution in [0.3, 0.4) is 0 Å². The Hall–Kier alpha value is -1.73. The summed E-state index contributed by atoms with van der Waals surface area (Å²) in [4.78, 5) is 76.6. The SMILES string of the molecule is CCCCCCC(=O)OCCCCCC(=O)OCCCCCC(=O)OCCCCCC(=O)OCCCC.CCO[SiH](C)OCC.CCO[SiH](C)O[Si](C)(OCC)O[Si](C)(OCC)O[Si](C)(O)OCC.CCO[Si](C)(C)O.CCO[Si](CCCNC(C)=O)(OCC)OCC. The van der Waals surface area contributed by atoms with Crippen LogP contribution in [0.15, 0.2) is 0 Å². The van der Waals surface area contributed by atoms with Crippen LogP contribution in [0.5, 0.6) is 0 Å². The van der Waals surface area contributed by atoms with Crippen LogP contribution in [0, 0.1) is 0 Å². The van der Waals surface area contributed by atoms with E-state index in [1.165, 1.54) is 6.92 Å². The molecule has 0 rings (SSSR count). The average molecular weight is 1470 g/mol. The third-order valence-electron chi connectivity index (χ3n) is 12.0. The van der Waals surface area contributed by atoms with Crippen LogP contribution in [-0.2, 0) is 99.5 Å². The Morgan fingerprint density at radius 1 is 0.376 bits per heavy atom. The van der Waals surface area contributed by atoms with Gasteiger partial charge in [0.1, 0.15) is 0 Å². The molecule has 0 aliphatic heterocycles. The molecule has 1 amide bonds. The Morgan fingerprint density at radius 2 is 0.720 bits per heavy atom. The van der Waals surface area contributed by atoms with Crippen molar-refractivity contribution in [1.82, 2.24) is 5.32 Å². The first kappa shape index (κ1) is 99.9. The average Bonchev–Trinajstić information content (AvgIpc) is 0.826. The predicted molar refractivity (Wildman–Crippen MR) is 379 cm³/mol. The molecule has 25 nitrogen and oxygen atoms in total. The number of carbonyl (C=O) groups is 5. The van der Waals surface area contributed by atoms with E-state index in [9.17, 15) is 28.8 Å². The molecular formula is C61H137NO24Si7. The zero-order valence-electron chi connectivity index (χ0n) is 62.0. The van der Waals surface area contributed by atoms with E-state index in [-0.39, 0.29) is 29.8 Å². The van der Waals surface area contributed by atoms with Crippen molar-refractivity contribution in [3.63, 3.8) is 0 Å². The van der Waals surface area contributed by atoms with E-state index in [2.05, 4.69) is 19.2 Å². The minimum absolute atomic E-state index is 0.0125. The largest absolute Gasteiger partial charge is 0.500 e. The topological polar surface area (TPSA) is 295 Å². The molecule has 0 spiro atoms. The maximum Gasteiger partial charge on any atom is 0.500 e. The van der Waals surface area contributed by atoms with Crippen LogP contribution in [0.4, 0.5) is 0 Å². The normalized spacial score (nSPS) is 13.5. The molecule has 0 fully saturated rings. The quantitative estimate of drug-likeness (QED) is 0.0221. The van der Waals surface area contributed by atoms with Crippen LogP contribution in [0.2, 0.25) is 51.9 Å². The molecule has 0 saturated heterocycles. The molecule has 4 atom stereocenters. The maximum absolute atomic E-state index is 11.8. The first-order chi connectivity index (χ1) is 44.0. The number of hydrogen-bond acceptors (Lipinski definition) is 24. The highest BCUT2D eigenvalue weighted by Gasteiger charge is 2.53. The fourth-order valence-electron chi connectivity index (χ4n) is 8.20. The van der Waals surface area contributed by atoms with Gasteiger partial charge < -0.3 is 90.5 Å². The molecular weight excluding hydrogens is 1330 g/mol. The maximum atomic E-state index is 11.8. The Bertz CT molecular complexity index is 1720. The van der Waals surface area contributed by atoms with Crippen LogP contribution < -0.4 is 5.32 Å². The smallest absolute Gasteiger partial charge is 0.466 e. The molecule has 0 aromatic heterocycles. The minimum atomic E-state index is -3.35. The third kappa shape index (κ3) is 72.8. The van der Waals surface area contributed by atoms with E-state index in [0.29, 0.717) is 118 Å². The second-order valence-corrected chi connectivity index (χ2v) is 39.5. The van der Waals surface area contributed by atoms with Gasteiger partial charge in [0.05, 0.1) is 26.4 Å². The fraction of sp³-hybridized carbons (Fsp3) is 0.918. The number of carbonyl (C=O) groups excluding carboxylic acids is 5. The summed E-state index contributed by atoms with van der Waals surface area (Å²) in [6.45, 7) is 45.3. The third-order valence-corrected chi connectivity index (χ3v) is 30.0. The highest BCUT2D eigenvalue weighted by atomic mass is 28.5. The van der Waals surface area contributed by atoms with Gasteiger partial charge in [0.15, 0.2) is 0 Å². The first-order valence-corrected chi connectivity index (χ1v) is 50.4. The van der Waals surface area contributed by atoms with Crippen molar-refractivity contribution in [3.05, 3.63) is 0 Å². The van der Waals surface area contributed by atoms with Gasteiger partial charge in [-0.1, -0.05) is 39.5 Å². The predicted octanol–water partition coefficient (Wildman–Crippen LogP) is 11.5. The molecule has 3 N–H and O–H groups in total. The van der Waals surface area contributed by atoms with Gasteiger partial charge in [0.2, 0.25) is 5.91 Å². The van der Waals surface area contributed by atoms with Gasteiger partial charge in [0.25, 0.3) is 0 Å². The molecule has 32 heteroatoms. The monoisotopic (exact) mass is 1460 g/mol. The molecule has 0 radical (unpaired) electrons. The van der Waals surface area contributed by atoms with Gasteiger partial charge in [-0.15, -0.1) is 0 Å². The highest BCUT2D eigenvalue weighted by molar-refractivity contribution is 6.81. The zero-order chi connectivity index (χ0) is 71.7. The van der Waals surface area contributed by atoms with E-state index in [0.717, 1.165) is 116 Å². The van der Waals surface area contributed by atoms with Crippen LogP contribution in [-0.4, -0.2) is 201 Å². The summed E-state index contributed by atoms with van der Waals surface area (Å²) < 4.78 is 93.5. The molecule has 0 heterocycles. The Morgan fingerprint density at radius 3 is 1.04 bits per heavy atom. The van der Waals surface area contributed by atoms with Crippen molar-refractivity contribution in [2.45, 2.75) is 270 Å². The standard InChI is InChI=1S/C29H52O8.C12H34O8Si4.C11H25NO4Si.C5H14O2Si.C4H12O2Si/c1-3-5-7-11-18-27(31)35-23-16-9-13-20-29(33)37-25-17-10-14-21-28(32)36-24-15-8-12-19-26(30)34-22-6-4-2;1-9-14-21(5)18-23(7,16-11-3)20-24(8,17-12-4)19-22(6,13)15-10-2;1-5-14-17(15-6-2,16-7-3)10-8-9-12-11(4)13;1-4-6-8(3)7-5-2;1-4-6-7(2,3)5/h3-25H2,1-2H3;13,21H,9-12H2,1-8H3;5-10H2,1-4H3,(H,12,13);8H,4-5H2,1-3H3;5H,4H2,1-3H3. The lowest BCUT2D eigenvalue weighted by molar-refractivity contribution is -0.145. The molecule has 4 unspecified atom stereocenters. The van der Waals surface area contributed by atoms with E-state index < -0.39 is 62.3 Å². The number of unbranched alkanes of at least 4 members (excludes halogenated alkanes) is 10. The number of nitrogens with one attached hydrogen (secondary N) is 1. The van der Waals surface area contributed by atoms with Crippen LogP contribution in [0.25, 0.3) is 0 Å². The Kier molecular flexibility index (Phi) is 72.5. The summed E-state index contributed by atoms with van der Waals surface area (Å²) in [5.74, 6) is -0.711. The van der Waals surface area contributed by atoms with Crippen LogP contribution in [0.1, 0.15) is 218 Å². The van der Waals surface area contributed by atoms with Crippen molar-refractivity contribution in [2.24, 2.45) is 0 Å². The van der Waals surface area contributed by atoms with Gasteiger partial charge >= 0.3 is 86.2 Å². The van der Waals surface area contributed by atoms with Crippen molar-refractivity contribution < 1.29 is 109 Å². The lowest BCUT2D eigenvalue weighted by Crippen LogP contribution is -2.61. The zero-order valence-corrected chi connectivity index (χ0v) is 69.3. The highest BCUT2D eigenvalue weighted by Crippen LogP contribution is 2.24. The molecule has 0 bridgehead atoms. The van der Waals surface area contributed by atoms with Crippen molar-refractivity contribution in [3.8, 4) is 0 Å². The fourth-order valence-corrected chi connectivity index (χ4v) is 25.1. The summed E-state index contributed by atoms with van der Waals surface area (Å²) in [5.41, 5.74) is 0. The van der Waals surface area contributed by atoms with Gasteiger partial charge in [-0.25, -0.2) is 0 Å². The molecule has 93 heavy (non-hydrogen) atoms. The van der Waals surface area contributed by atoms with Crippen molar-refractivity contribution in [1.29, 1.82) is 0 Å². The summed E-state index contributed by atoms with van der Waals surface area (Å²) in [7, 11) is -17.4. The van der Waals surface area contributed by atoms with Gasteiger partial charge in [-0.05, 0) is 172 Å². The molecule has 0 aliphatic rings. The molecule has 0 saturated carbocycles.